The van der Waals surface area contributed by atoms with Gasteiger partial charge >= 0.3 is 0 Å². The second-order valence-electron chi connectivity index (χ2n) is 5.37. The summed E-state index contributed by atoms with van der Waals surface area (Å²) in [6.45, 7) is 6.00. The molecule has 96 valence electrons. The van der Waals surface area contributed by atoms with Crippen molar-refractivity contribution in [2.75, 3.05) is 39.3 Å². The van der Waals surface area contributed by atoms with Gasteiger partial charge in [0.1, 0.15) is 38.4 Å². The van der Waals surface area contributed by atoms with Crippen LogP contribution in [0.15, 0.2) is 30.0 Å². The van der Waals surface area contributed by atoms with Crippen molar-refractivity contribution in [3.8, 4) is 0 Å². The number of benzene rings is 1. The number of piperazine rings is 1. The van der Waals surface area contributed by atoms with Crippen molar-refractivity contribution in [2.45, 2.75) is 6.42 Å². The van der Waals surface area contributed by atoms with Crippen molar-refractivity contribution in [1.29, 1.82) is 0 Å². The van der Waals surface area contributed by atoms with Gasteiger partial charge < -0.3 is 10.0 Å². The highest BCUT2D eigenvalue weighted by Gasteiger charge is 2.28. The van der Waals surface area contributed by atoms with Crippen LogP contribution in [0.1, 0.15) is 11.1 Å². The zero-order chi connectivity index (χ0) is 12.4. The minimum absolute atomic E-state index is 0.318. The molecule has 0 spiro atoms. The number of fused-ring (bicyclic) bond motifs is 1. The van der Waals surface area contributed by atoms with Gasteiger partial charge in [0, 0.05) is 12.5 Å². The van der Waals surface area contributed by atoms with Gasteiger partial charge in [0.05, 0.1) is 6.61 Å². The first-order valence-electron chi connectivity index (χ1n) is 6.95. The number of nitrogens with one attached hydrogen (secondary N) is 2. The molecular weight excluding hydrogens is 224 g/mol. The van der Waals surface area contributed by atoms with Crippen LogP contribution in [-0.4, -0.2) is 44.4 Å². The fraction of sp³-hybridized carbons (Fsp3) is 0.467. The second kappa shape index (κ2) is 5.22. The van der Waals surface area contributed by atoms with Crippen LogP contribution in [-0.2, 0) is 6.42 Å². The SMILES string of the molecule is OCC[NH+]1CC[NH+](C2=Cc3ccccc3C2)CC1. The Hall–Kier alpha value is -1.16. The summed E-state index contributed by atoms with van der Waals surface area (Å²) in [6.07, 6.45) is 3.50. The Kier molecular flexibility index (Phi) is 3.46. The van der Waals surface area contributed by atoms with E-state index in [0.717, 1.165) is 13.0 Å². The first-order valence-corrected chi connectivity index (χ1v) is 6.95. The highest BCUT2D eigenvalue weighted by molar-refractivity contribution is 5.61. The number of allylic oxidation sites excluding steroid dienone is 1. The van der Waals surface area contributed by atoms with Crippen molar-refractivity contribution < 1.29 is 14.9 Å². The molecular formula is C15H22N2O+2. The molecule has 3 rings (SSSR count). The molecule has 1 saturated heterocycles. The molecule has 3 N–H and O–H groups in total. The van der Waals surface area contributed by atoms with Gasteiger partial charge in [0.15, 0.2) is 0 Å². The van der Waals surface area contributed by atoms with Crippen LogP contribution in [0.2, 0.25) is 0 Å². The fourth-order valence-corrected chi connectivity index (χ4v) is 3.14. The number of aliphatic hydroxyl groups excluding tert-OH is 1. The largest absolute Gasteiger partial charge is 0.391 e. The van der Waals surface area contributed by atoms with Crippen LogP contribution in [0, 0.1) is 0 Å². The minimum atomic E-state index is 0.318. The van der Waals surface area contributed by atoms with Gasteiger partial charge in [-0.05, 0) is 11.1 Å². The third-order valence-corrected chi connectivity index (χ3v) is 4.25. The summed E-state index contributed by atoms with van der Waals surface area (Å²) in [7, 11) is 0. The van der Waals surface area contributed by atoms with Crippen molar-refractivity contribution in [3.63, 3.8) is 0 Å². The van der Waals surface area contributed by atoms with Crippen LogP contribution >= 0.6 is 0 Å². The lowest BCUT2D eigenvalue weighted by Gasteiger charge is -2.29. The molecule has 1 aromatic rings. The van der Waals surface area contributed by atoms with Crippen molar-refractivity contribution in [3.05, 3.63) is 41.1 Å². The molecule has 18 heavy (non-hydrogen) atoms. The quantitative estimate of drug-likeness (QED) is 0.587. The summed E-state index contributed by atoms with van der Waals surface area (Å²) in [5.41, 5.74) is 4.44. The van der Waals surface area contributed by atoms with Crippen molar-refractivity contribution in [2.24, 2.45) is 0 Å². The number of rotatable bonds is 3. The first-order chi connectivity index (χ1) is 8.86. The zero-order valence-electron chi connectivity index (χ0n) is 10.8. The molecule has 0 atom stereocenters. The summed E-state index contributed by atoms with van der Waals surface area (Å²) in [5.74, 6) is 0. The van der Waals surface area contributed by atoms with Gasteiger partial charge in [0.25, 0.3) is 0 Å². The summed E-state index contributed by atoms with van der Waals surface area (Å²) in [5, 5.41) is 8.98. The Morgan fingerprint density at radius 3 is 2.56 bits per heavy atom. The molecule has 0 bridgehead atoms. The third kappa shape index (κ3) is 2.34. The van der Waals surface area contributed by atoms with E-state index >= 15 is 0 Å². The molecule has 0 aromatic heterocycles. The van der Waals surface area contributed by atoms with Crippen LogP contribution in [0.25, 0.3) is 6.08 Å². The van der Waals surface area contributed by atoms with Gasteiger partial charge in [-0.2, -0.15) is 0 Å². The maximum atomic E-state index is 8.98. The normalized spacial score (nSPS) is 26.8. The number of quaternary nitrogens is 2. The van der Waals surface area contributed by atoms with E-state index in [4.69, 9.17) is 5.11 Å². The first kappa shape index (κ1) is 11.9. The average Bonchev–Trinajstić information content (AvgIpc) is 2.84. The van der Waals surface area contributed by atoms with E-state index in [9.17, 15) is 0 Å². The van der Waals surface area contributed by atoms with Gasteiger partial charge in [-0.1, -0.05) is 24.3 Å². The summed E-state index contributed by atoms with van der Waals surface area (Å²) in [6, 6.07) is 8.71. The summed E-state index contributed by atoms with van der Waals surface area (Å²) >= 11 is 0. The molecule has 0 unspecified atom stereocenters. The molecule has 0 amide bonds. The van der Waals surface area contributed by atoms with Gasteiger partial charge in [-0.25, -0.2) is 0 Å². The van der Waals surface area contributed by atoms with Crippen molar-refractivity contribution >= 4 is 6.08 Å². The maximum Gasteiger partial charge on any atom is 0.131 e. The van der Waals surface area contributed by atoms with E-state index in [1.54, 1.807) is 15.5 Å². The van der Waals surface area contributed by atoms with E-state index < -0.39 is 0 Å². The Labute approximate surface area is 108 Å². The second-order valence-corrected chi connectivity index (χ2v) is 5.37. The average molecular weight is 246 g/mol. The third-order valence-electron chi connectivity index (χ3n) is 4.25. The lowest BCUT2D eigenvalue weighted by atomic mass is 10.1. The molecule has 1 aliphatic heterocycles. The van der Waals surface area contributed by atoms with Crippen molar-refractivity contribution in [1.82, 2.24) is 0 Å². The molecule has 1 aliphatic carbocycles. The highest BCUT2D eigenvalue weighted by Crippen LogP contribution is 2.21. The number of aliphatic hydroxyl groups is 1. The maximum absolute atomic E-state index is 8.98. The Morgan fingerprint density at radius 1 is 1.06 bits per heavy atom. The molecule has 3 nitrogen and oxygen atoms in total. The molecule has 0 radical (unpaired) electrons. The lowest BCUT2D eigenvalue weighted by molar-refractivity contribution is -0.996. The minimum Gasteiger partial charge on any atom is -0.391 e. The predicted molar refractivity (Wildman–Crippen MR) is 71.5 cm³/mol. The molecule has 3 heteroatoms. The molecule has 1 fully saturated rings. The van der Waals surface area contributed by atoms with E-state index in [1.165, 1.54) is 37.3 Å². The van der Waals surface area contributed by atoms with E-state index in [2.05, 4.69) is 30.3 Å². The summed E-state index contributed by atoms with van der Waals surface area (Å²) < 4.78 is 0. The molecule has 2 aliphatic rings. The highest BCUT2D eigenvalue weighted by atomic mass is 16.3. The molecule has 1 aromatic carbocycles. The topological polar surface area (TPSA) is 29.1 Å². The lowest BCUT2D eigenvalue weighted by Crippen LogP contribution is -3.27. The van der Waals surface area contributed by atoms with Crippen LogP contribution in [0.3, 0.4) is 0 Å². The van der Waals surface area contributed by atoms with Gasteiger partial charge in [-0.15, -0.1) is 0 Å². The predicted octanol–water partition coefficient (Wildman–Crippen LogP) is -1.64. The summed E-state index contributed by atoms with van der Waals surface area (Å²) in [4.78, 5) is 3.20. The Bertz CT molecular complexity index is 448. The van der Waals surface area contributed by atoms with E-state index in [0.29, 0.717) is 6.61 Å². The monoisotopic (exact) mass is 246 g/mol. The molecule has 1 heterocycles. The van der Waals surface area contributed by atoms with E-state index in [1.807, 2.05) is 0 Å². The smallest absolute Gasteiger partial charge is 0.131 e. The van der Waals surface area contributed by atoms with E-state index in [-0.39, 0.29) is 0 Å². The Morgan fingerprint density at radius 2 is 1.83 bits per heavy atom. The van der Waals surface area contributed by atoms with Gasteiger partial charge in [0.2, 0.25) is 0 Å². The standard InChI is InChI=1S/C15H20N2O/c18-10-9-16-5-7-17(8-6-16)15-11-13-3-1-2-4-14(13)12-15/h1-4,11,18H,5-10,12H2/p+2. The zero-order valence-corrected chi connectivity index (χ0v) is 10.8. The molecule has 0 saturated carbocycles. The number of hydrogen-bond donors (Lipinski definition) is 3. The number of hydrogen-bond acceptors (Lipinski definition) is 1. The fourth-order valence-electron chi connectivity index (χ4n) is 3.14. The Balaban J connectivity index is 1.62. The van der Waals surface area contributed by atoms with Gasteiger partial charge in [-0.3, -0.25) is 4.90 Å². The van der Waals surface area contributed by atoms with Crippen LogP contribution < -0.4 is 9.80 Å². The van der Waals surface area contributed by atoms with Crippen LogP contribution in [0.5, 0.6) is 0 Å². The van der Waals surface area contributed by atoms with Crippen LogP contribution in [0.4, 0.5) is 0 Å².